The van der Waals surface area contributed by atoms with E-state index in [1.54, 1.807) is 0 Å². The number of fused-ring (bicyclic) bond motifs is 1. The van der Waals surface area contributed by atoms with Crippen molar-refractivity contribution >= 4 is 5.97 Å². The van der Waals surface area contributed by atoms with Crippen LogP contribution >= 0.6 is 0 Å². The molecular weight excluding hydrogens is 164 g/mol. The van der Waals surface area contributed by atoms with Gasteiger partial charge in [0.15, 0.2) is 0 Å². The molecule has 0 bridgehead atoms. The van der Waals surface area contributed by atoms with Gasteiger partial charge < -0.3 is 4.74 Å². The highest BCUT2D eigenvalue weighted by molar-refractivity contribution is 5.66. The van der Waals surface area contributed by atoms with Crippen LogP contribution in [0.25, 0.3) is 0 Å². The molecule has 2 aliphatic rings. The summed E-state index contributed by atoms with van der Waals surface area (Å²) in [6.07, 6.45) is 7.91. The molecule has 2 nitrogen and oxygen atoms in total. The van der Waals surface area contributed by atoms with Gasteiger partial charge in [0.1, 0.15) is 6.10 Å². The summed E-state index contributed by atoms with van der Waals surface area (Å²) in [5, 5.41) is 0. The zero-order chi connectivity index (χ0) is 9.26. The molecular formula is C11H18O2. The van der Waals surface area contributed by atoms with Crippen molar-refractivity contribution in [3.8, 4) is 0 Å². The second-order valence-electron chi connectivity index (χ2n) is 4.50. The molecule has 2 saturated carbocycles. The van der Waals surface area contributed by atoms with Crippen LogP contribution in [0.1, 0.15) is 45.4 Å². The maximum atomic E-state index is 10.8. The van der Waals surface area contributed by atoms with Crippen LogP contribution in [0.2, 0.25) is 0 Å². The highest BCUT2D eigenvalue weighted by atomic mass is 16.5. The fourth-order valence-electron chi connectivity index (χ4n) is 3.00. The van der Waals surface area contributed by atoms with E-state index in [0.29, 0.717) is 0 Å². The quantitative estimate of drug-likeness (QED) is 0.582. The summed E-state index contributed by atoms with van der Waals surface area (Å²) in [5.74, 6) is 1.70. The number of esters is 1. The third kappa shape index (κ3) is 2.04. The Hall–Kier alpha value is -0.530. The van der Waals surface area contributed by atoms with Gasteiger partial charge in [0.05, 0.1) is 0 Å². The van der Waals surface area contributed by atoms with E-state index >= 15 is 0 Å². The summed E-state index contributed by atoms with van der Waals surface area (Å²) in [7, 11) is 0. The van der Waals surface area contributed by atoms with Crippen LogP contribution in [0.3, 0.4) is 0 Å². The van der Waals surface area contributed by atoms with E-state index in [9.17, 15) is 4.79 Å². The van der Waals surface area contributed by atoms with E-state index in [-0.39, 0.29) is 12.1 Å². The normalized spacial score (nSPS) is 38.4. The number of rotatable bonds is 1. The monoisotopic (exact) mass is 182 g/mol. The van der Waals surface area contributed by atoms with Crippen molar-refractivity contribution in [3.63, 3.8) is 0 Å². The molecule has 0 aromatic carbocycles. The van der Waals surface area contributed by atoms with Crippen molar-refractivity contribution in [1.82, 2.24) is 0 Å². The van der Waals surface area contributed by atoms with Crippen molar-refractivity contribution < 1.29 is 9.53 Å². The van der Waals surface area contributed by atoms with Gasteiger partial charge in [-0.15, -0.1) is 0 Å². The molecule has 0 radical (unpaired) electrons. The van der Waals surface area contributed by atoms with Gasteiger partial charge in [-0.25, -0.2) is 0 Å². The molecule has 0 aromatic rings. The van der Waals surface area contributed by atoms with E-state index in [1.165, 1.54) is 32.6 Å². The lowest BCUT2D eigenvalue weighted by molar-refractivity contribution is -0.149. The summed E-state index contributed by atoms with van der Waals surface area (Å²) >= 11 is 0. The lowest BCUT2D eigenvalue weighted by Crippen LogP contribution is -2.27. The largest absolute Gasteiger partial charge is 0.463 e. The number of carbonyl (C=O) groups excluding carboxylic acids is 1. The zero-order valence-corrected chi connectivity index (χ0v) is 8.29. The smallest absolute Gasteiger partial charge is 0.302 e. The molecule has 3 atom stereocenters. The topological polar surface area (TPSA) is 26.3 Å². The van der Waals surface area contributed by atoms with E-state index in [1.807, 2.05) is 0 Å². The summed E-state index contributed by atoms with van der Waals surface area (Å²) in [4.78, 5) is 10.8. The molecule has 2 rings (SSSR count). The first-order chi connectivity index (χ1) is 6.25. The van der Waals surface area contributed by atoms with Gasteiger partial charge >= 0.3 is 5.97 Å². The van der Waals surface area contributed by atoms with Crippen LogP contribution in [0.4, 0.5) is 0 Å². The maximum Gasteiger partial charge on any atom is 0.302 e. The van der Waals surface area contributed by atoms with Crippen LogP contribution in [0.5, 0.6) is 0 Å². The molecule has 2 fully saturated rings. The molecule has 2 heteroatoms. The zero-order valence-electron chi connectivity index (χ0n) is 8.29. The Balaban J connectivity index is 1.86. The van der Waals surface area contributed by atoms with Gasteiger partial charge in [-0.2, -0.15) is 0 Å². The van der Waals surface area contributed by atoms with Crippen molar-refractivity contribution in [1.29, 1.82) is 0 Å². The third-order valence-corrected chi connectivity index (χ3v) is 3.57. The van der Waals surface area contributed by atoms with Crippen molar-refractivity contribution in [2.45, 2.75) is 51.6 Å². The van der Waals surface area contributed by atoms with E-state index in [0.717, 1.165) is 24.7 Å². The molecule has 0 spiro atoms. The molecule has 0 N–H and O–H groups in total. The first-order valence-electron chi connectivity index (χ1n) is 5.43. The molecule has 0 aromatic heterocycles. The van der Waals surface area contributed by atoms with Crippen LogP contribution in [-0.2, 0) is 9.53 Å². The first-order valence-corrected chi connectivity index (χ1v) is 5.43. The lowest BCUT2D eigenvalue weighted by Gasteiger charge is -2.31. The fraction of sp³-hybridized carbons (Fsp3) is 0.909. The second kappa shape index (κ2) is 3.69. The minimum Gasteiger partial charge on any atom is -0.463 e. The fourth-order valence-corrected chi connectivity index (χ4v) is 3.00. The molecule has 0 amide bonds. The van der Waals surface area contributed by atoms with Gasteiger partial charge in [-0.3, -0.25) is 4.79 Å². The number of carbonyl (C=O) groups is 1. The highest BCUT2D eigenvalue weighted by Gasteiger charge is 2.34. The maximum absolute atomic E-state index is 10.8. The van der Waals surface area contributed by atoms with Crippen LogP contribution in [0.15, 0.2) is 0 Å². The molecule has 0 saturated heterocycles. The Kier molecular flexibility index (Phi) is 2.56. The van der Waals surface area contributed by atoms with Gasteiger partial charge in [0, 0.05) is 6.92 Å². The van der Waals surface area contributed by atoms with E-state index in [2.05, 4.69) is 0 Å². The van der Waals surface area contributed by atoms with Crippen molar-refractivity contribution in [2.24, 2.45) is 11.8 Å². The Labute approximate surface area is 79.7 Å². The number of ether oxygens (including phenoxy) is 1. The Morgan fingerprint density at radius 3 is 2.69 bits per heavy atom. The molecule has 2 aliphatic carbocycles. The highest BCUT2D eigenvalue weighted by Crippen LogP contribution is 2.42. The van der Waals surface area contributed by atoms with Gasteiger partial charge in [-0.1, -0.05) is 19.3 Å². The van der Waals surface area contributed by atoms with Crippen LogP contribution < -0.4 is 0 Å². The number of hydrogen-bond donors (Lipinski definition) is 0. The predicted octanol–water partition coefficient (Wildman–Crippen LogP) is 2.52. The van der Waals surface area contributed by atoms with Gasteiger partial charge in [0.25, 0.3) is 0 Å². The Morgan fingerprint density at radius 1 is 1.15 bits per heavy atom. The minimum atomic E-state index is -0.110. The van der Waals surface area contributed by atoms with E-state index in [4.69, 9.17) is 4.74 Å². The third-order valence-electron chi connectivity index (χ3n) is 3.57. The Bertz CT molecular complexity index is 200. The van der Waals surface area contributed by atoms with Crippen LogP contribution in [0, 0.1) is 11.8 Å². The minimum absolute atomic E-state index is 0.110. The second-order valence-corrected chi connectivity index (χ2v) is 4.50. The average molecular weight is 182 g/mol. The molecule has 13 heavy (non-hydrogen) atoms. The van der Waals surface area contributed by atoms with Gasteiger partial charge in [-0.05, 0) is 31.1 Å². The lowest BCUT2D eigenvalue weighted by atomic mass is 9.80. The van der Waals surface area contributed by atoms with E-state index < -0.39 is 0 Å². The van der Waals surface area contributed by atoms with Gasteiger partial charge in [0.2, 0.25) is 0 Å². The molecule has 0 heterocycles. The Morgan fingerprint density at radius 2 is 1.92 bits per heavy atom. The molecule has 74 valence electrons. The first kappa shape index (κ1) is 9.04. The summed E-state index contributed by atoms with van der Waals surface area (Å²) in [6.45, 7) is 1.51. The SMILES string of the molecule is CC(=O)OC1CCC2CCCC2C1. The van der Waals surface area contributed by atoms with Crippen molar-refractivity contribution in [2.75, 3.05) is 0 Å². The number of hydrogen-bond acceptors (Lipinski definition) is 2. The van der Waals surface area contributed by atoms with Crippen molar-refractivity contribution in [3.05, 3.63) is 0 Å². The average Bonchev–Trinajstić information content (AvgIpc) is 2.49. The molecule has 0 aliphatic heterocycles. The standard InChI is InChI=1S/C11H18O2/c1-8(12)13-11-6-5-9-3-2-4-10(9)7-11/h9-11H,2-7H2,1H3. The predicted molar refractivity (Wildman–Crippen MR) is 50.2 cm³/mol. The summed E-state index contributed by atoms with van der Waals surface area (Å²) in [6, 6.07) is 0. The summed E-state index contributed by atoms with van der Waals surface area (Å²) in [5.41, 5.74) is 0. The van der Waals surface area contributed by atoms with Crippen LogP contribution in [-0.4, -0.2) is 12.1 Å². The summed E-state index contributed by atoms with van der Waals surface area (Å²) < 4.78 is 5.26. The molecule has 3 unspecified atom stereocenters.